The van der Waals surface area contributed by atoms with Gasteiger partial charge in [0.15, 0.2) is 11.0 Å². The summed E-state index contributed by atoms with van der Waals surface area (Å²) in [6.07, 6.45) is 0. The molecule has 2 rings (SSSR count). The Bertz CT molecular complexity index is 636. The van der Waals surface area contributed by atoms with Gasteiger partial charge in [0.1, 0.15) is 10.9 Å². The Morgan fingerprint density at radius 2 is 2.11 bits per heavy atom. The highest BCUT2D eigenvalue weighted by molar-refractivity contribution is 7.99. The maximum Gasteiger partial charge on any atom is 0.197 e. The number of nitrogens with two attached hydrogens (primary N) is 1. The zero-order valence-electron chi connectivity index (χ0n) is 10.8. The zero-order chi connectivity index (χ0) is 14.0. The molecule has 2 aromatic rings. The Balaban J connectivity index is 2.35. The Kier molecular flexibility index (Phi) is 3.70. The van der Waals surface area contributed by atoms with Gasteiger partial charge in [-0.3, -0.25) is 0 Å². The smallest absolute Gasteiger partial charge is 0.197 e. The minimum absolute atomic E-state index is 0.0569. The van der Waals surface area contributed by atoms with Crippen molar-refractivity contribution in [3.05, 3.63) is 29.2 Å². The number of aromatic nitrogens is 4. The molecule has 3 N–H and O–H groups in total. The summed E-state index contributed by atoms with van der Waals surface area (Å²) in [4.78, 5) is 4.39. The molecule has 2 aromatic heterocycles. The number of hydrogen-bond donors (Lipinski definition) is 2. The summed E-state index contributed by atoms with van der Waals surface area (Å²) in [5.41, 5.74) is 6.99. The molecule has 19 heavy (non-hydrogen) atoms. The van der Waals surface area contributed by atoms with Crippen molar-refractivity contribution in [2.45, 2.75) is 24.0 Å². The molecule has 100 valence electrons. The summed E-state index contributed by atoms with van der Waals surface area (Å²) in [7, 11) is 1.89. The molecular formula is C11H14N6OS. The van der Waals surface area contributed by atoms with Crippen LogP contribution in [0.15, 0.2) is 27.5 Å². The van der Waals surface area contributed by atoms with E-state index in [4.69, 9.17) is 10.9 Å². The van der Waals surface area contributed by atoms with Crippen molar-refractivity contribution in [1.82, 2.24) is 19.7 Å². The number of aryl methyl sites for hydroxylation is 2. The van der Waals surface area contributed by atoms with Crippen LogP contribution < -0.4 is 5.73 Å². The highest BCUT2D eigenvalue weighted by Crippen LogP contribution is 2.25. The van der Waals surface area contributed by atoms with Gasteiger partial charge in [0.25, 0.3) is 0 Å². The molecule has 8 heteroatoms. The Morgan fingerprint density at radius 1 is 1.37 bits per heavy atom. The normalized spacial score (nSPS) is 11.8. The predicted octanol–water partition coefficient (Wildman–Crippen LogP) is 1.07. The summed E-state index contributed by atoms with van der Waals surface area (Å²) in [6.45, 7) is 3.72. The van der Waals surface area contributed by atoms with Crippen LogP contribution in [0.25, 0.3) is 0 Å². The molecule has 0 atom stereocenters. The molecule has 0 saturated heterocycles. The van der Waals surface area contributed by atoms with E-state index >= 15 is 0 Å². The minimum atomic E-state index is 0.0569. The summed E-state index contributed by atoms with van der Waals surface area (Å²) in [5.74, 6) is 0.883. The van der Waals surface area contributed by atoms with Crippen LogP contribution in [0.1, 0.15) is 17.1 Å². The van der Waals surface area contributed by atoms with Crippen LogP contribution in [0.3, 0.4) is 0 Å². The third-order valence-electron chi connectivity index (χ3n) is 2.58. The fraction of sp³-hybridized carbons (Fsp3) is 0.273. The monoisotopic (exact) mass is 278 g/mol. The molecule has 0 radical (unpaired) electrons. The van der Waals surface area contributed by atoms with Gasteiger partial charge in [-0.15, -0.1) is 10.2 Å². The lowest BCUT2D eigenvalue weighted by Gasteiger charge is -2.05. The maximum atomic E-state index is 8.72. The maximum absolute atomic E-state index is 8.72. The molecule has 0 aliphatic rings. The molecule has 7 nitrogen and oxygen atoms in total. The van der Waals surface area contributed by atoms with Gasteiger partial charge in [-0.2, -0.15) is 0 Å². The van der Waals surface area contributed by atoms with Crippen molar-refractivity contribution in [3.63, 3.8) is 0 Å². The summed E-state index contributed by atoms with van der Waals surface area (Å²) >= 11 is 1.38. The lowest BCUT2D eigenvalue weighted by Crippen LogP contribution is -2.13. The quantitative estimate of drug-likeness (QED) is 0.377. The van der Waals surface area contributed by atoms with E-state index in [1.807, 2.05) is 25.5 Å². The highest BCUT2D eigenvalue weighted by atomic mass is 32.2. The van der Waals surface area contributed by atoms with E-state index in [9.17, 15) is 0 Å². The molecule has 0 unspecified atom stereocenters. The van der Waals surface area contributed by atoms with E-state index < -0.39 is 0 Å². The van der Waals surface area contributed by atoms with Crippen molar-refractivity contribution in [3.8, 4) is 0 Å². The zero-order valence-corrected chi connectivity index (χ0v) is 11.6. The largest absolute Gasteiger partial charge is 0.409 e. The molecule has 0 aromatic carbocycles. The van der Waals surface area contributed by atoms with Gasteiger partial charge in [0, 0.05) is 18.3 Å². The number of pyridine rings is 1. The van der Waals surface area contributed by atoms with Crippen molar-refractivity contribution in [2.75, 3.05) is 0 Å². The Labute approximate surface area is 114 Å². The minimum Gasteiger partial charge on any atom is -0.409 e. The van der Waals surface area contributed by atoms with Gasteiger partial charge in [0.05, 0.1) is 0 Å². The Hall–Kier alpha value is -2.09. The van der Waals surface area contributed by atoms with E-state index in [1.165, 1.54) is 11.8 Å². The summed E-state index contributed by atoms with van der Waals surface area (Å²) in [6, 6.07) is 3.50. The number of rotatable bonds is 3. The van der Waals surface area contributed by atoms with Crippen LogP contribution in [-0.4, -0.2) is 30.8 Å². The molecule has 0 aliphatic heterocycles. The molecule has 0 aliphatic carbocycles. The first-order valence-electron chi connectivity index (χ1n) is 5.51. The fourth-order valence-corrected chi connectivity index (χ4v) is 2.38. The van der Waals surface area contributed by atoms with Gasteiger partial charge >= 0.3 is 0 Å². The number of nitrogens with zero attached hydrogens (tertiary/aromatic N) is 5. The topological polar surface area (TPSA) is 102 Å². The van der Waals surface area contributed by atoms with Crippen molar-refractivity contribution >= 4 is 17.6 Å². The first kappa shape index (κ1) is 13.3. The SMILES string of the molecule is Cc1cc(/C(N)=N/O)cc(Sc2nnc(C)n2C)n1. The van der Waals surface area contributed by atoms with E-state index in [-0.39, 0.29) is 5.84 Å². The summed E-state index contributed by atoms with van der Waals surface area (Å²) < 4.78 is 1.87. The number of oxime groups is 1. The van der Waals surface area contributed by atoms with Crippen molar-refractivity contribution in [2.24, 2.45) is 17.9 Å². The average molecular weight is 278 g/mol. The Morgan fingerprint density at radius 3 is 2.68 bits per heavy atom. The molecular weight excluding hydrogens is 264 g/mol. The van der Waals surface area contributed by atoms with Crippen LogP contribution >= 0.6 is 11.8 Å². The van der Waals surface area contributed by atoms with Crippen molar-refractivity contribution < 1.29 is 5.21 Å². The second kappa shape index (κ2) is 5.27. The van der Waals surface area contributed by atoms with Gasteiger partial charge in [0.2, 0.25) is 0 Å². The second-order valence-corrected chi connectivity index (χ2v) is 5.00. The first-order chi connectivity index (χ1) is 9.01. The average Bonchev–Trinajstić information content (AvgIpc) is 2.69. The predicted molar refractivity (Wildman–Crippen MR) is 71.3 cm³/mol. The van der Waals surface area contributed by atoms with E-state index in [0.29, 0.717) is 5.56 Å². The second-order valence-electron chi connectivity index (χ2n) is 4.01. The highest BCUT2D eigenvalue weighted by Gasteiger charge is 2.10. The van der Waals surface area contributed by atoms with Gasteiger partial charge in [-0.25, -0.2) is 4.98 Å². The third-order valence-corrected chi connectivity index (χ3v) is 3.54. The standard InChI is InChI=1S/C11H14N6OS/c1-6-4-8(10(12)16-18)5-9(13-6)19-11-15-14-7(2)17(11)3/h4-5,18H,1-3H3,(H2,12,16). The van der Waals surface area contributed by atoms with Gasteiger partial charge in [-0.1, -0.05) is 5.16 Å². The van der Waals surface area contributed by atoms with Gasteiger partial charge < -0.3 is 15.5 Å². The molecule has 2 heterocycles. The third kappa shape index (κ3) is 2.84. The van der Waals surface area contributed by atoms with Crippen LogP contribution in [0.4, 0.5) is 0 Å². The van der Waals surface area contributed by atoms with Crippen molar-refractivity contribution in [1.29, 1.82) is 0 Å². The van der Waals surface area contributed by atoms with Crippen LogP contribution in [0.2, 0.25) is 0 Å². The molecule has 0 amide bonds. The van der Waals surface area contributed by atoms with Gasteiger partial charge in [-0.05, 0) is 37.7 Å². The van der Waals surface area contributed by atoms with Crippen LogP contribution in [0.5, 0.6) is 0 Å². The summed E-state index contributed by atoms with van der Waals surface area (Å²) in [5, 5.41) is 21.2. The lowest BCUT2D eigenvalue weighted by atomic mass is 10.2. The van der Waals surface area contributed by atoms with Crippen LogP contribution in [0, 0.1) is 13.8 Å². The molecule has 0 bridgehead atoms. The molecule has 0 spiro atoms. The molecule has 0 saturated carbocycles. The lowest BCUT2D eigenvalue weighted by molar-refractivity contribution is 0.318. The van der Waals surface area contributed by atoms with Crippen LogP contribution in [-0.2, 0) is 7.05 Å². The fourth-order valence-electron chi connectivity index (χ4n) is 1.47. The first-order valence-corrected chi connectivity index (χ1v) is 6.33. The number of amidine groups is 1. The van der Waals surface area contributed by atoms with E-state index in [0.717, 1.165) is 21.7 Å². The molecule has 0 fully saturated rings. The number of hydrogen-bond acceptors (Lipinski definition) is 6. The van der Waals surface area contributed by atoms with E-state index in [1.54, 1.807) is 12.1 Å². The van der Waals surface area contributed by atoms with E-state index in [2.05, 4.69) is 20.3 Å².